The summed E-state index contributed by atoms with van der Waals surface area (Å²) in [4.78, 5) is 39.7. The summed E-state index contributed by atoms with van der Waals surface area (Å²) < 4.78 is 5.32. The lowest BCUT2D eigenvalue weighted by Crippen LogP contribution is -2.32. The number of aryl methyl sites for hydroxylation is 2. The summed E-state index contributed by atoms with van der Waals surface area (Å²) >= 11 is 6.26. The summed E-state index contributed by atoms with van der Waals surface area (Å²) in [6.45, 7) is 3.78. The van der Waals surface area contributed by atoms with Crippen molar-refractivity contribution in [2.75, 3.05) is 22.6 Å². The number of nitrogens with one attached hydrogen (secondary N) is 2. The van der Waals surface area contributed by atoms with E-state index in [1.807, 2.05) is 38.1 Å². The first-order chi connectivity index (χ1) is 16.3. The second kappa shape index (κ2) is 9.41. The molecule has 1 aliphatic heterocycles. The second-order valence-electron chi connectivity index (χ2n) is 7.84. The van der Waals surface area contributed by atoms with Gasteiger partial charge in [-0.15, -0.1) is 0 Å². The predicted molar refractivity (Wildman–Crippen MR) is 132 cm³/mol. The average molecular weight is 476 g/mol. The molecule has 1 heterocycles. The third kappa shape index (κ3) is 4.51. The summed E-state index contributed by atoms with van der Waals surface area (Å²) in [5.74, 6) is -1.22. The zero-order valence-electron chi connectivity index (χ0n) is 18.8. The molecule has 4 rings (SSSR count). The van der Waals surface area contributed by atoms with E-state index in [1.165, 1.54) is 7.11 Å². The van der Waals surface area contributed by atoms with E-state index in [9.17, 15) is 14.4 Å². The Kier molecular flexibility index (Phi) is 6.38. The molecule has 3 amide bonds. The normalized spacial score (nSPS) is 13.4. The van der Waals surface area contributed by atoms with E-state index in [1.54, 1.807) is 42.5 Å². The van der Waals surface area contributed by atoms with Crippen LogP contribution in [0.1, 0.15) is 21.5 Å². The SMILES string of the molecule is COc1ccc(C)cc1N1C(=O)C(Cl)=C(Nc2cccc(C(=O)Nc3cccc(C)c3)c2)C1=O. The summed E-state index contributed by atoms with van der Waals surface area (Å²) in [5.41, 5.74) is 3.58. The van der Waals surface area contributed by atoms with Crippen molar-refractivity contribution in [2.24, 2.45) is 0 Å². The van der Waals surface area contributed by atoms with E-state index in [0.29, 0.717) is 28.4 Å². The predicted octanol–water partition coefficient (Wildman–Crippen LogP) is 5.00. The minimum absolute atomic E-state index is 0.0773. The Labute approximate surface area is 202 Å². The van der Waals surface area contributed by atoms with Gasteiger partial charge < -0.3 is 15.4 Å². The van der Waals surface area contributed by atoms with Gasteiger partial charge >= 0.3 is 0 Å². The van der Waals surface area contributed by atoms with E-state index >= 15 is 0 Å². The smallest absolute Gasteiger partial charge is 0.283 e. The maximum atomic E-state index is 13.2. The first-order valence-corrected chi connectivity index (χ1v) is 10.8. The molecule has 0 saturated heterocycles. The maximum absolute atomic E-state index is 13.2. The number of nitrogens with zero attached hydrogens (tertiary/aromatic N) is 1. The molecule has 0 saturated carbocycles. The average Bonchev–Trinajstić information content (AvgIpc) is 3.02. The van der Waals surface area contributed by atoms with Crippen LogP contribution in [0, 0.1) is 13.8 Å². The van der Waals surface area contributed by atoms with Crippen LogP contribution in [0.2, 0.25) is 0 Å². The Bertz CT molecular complexity index is 1350. The zero-order chi connectivity index (χ0) is 24.4. The van der Waals surface area contributed by atoms with Crippen LogP contribution >= 0.6 is 11.6 Å². The quantitative estimate of drug-likeness (QED) is 0.490. The van der Waals surface area contributed by atoms with Crippen LogP contribution in [-0.2, 0) is 9.59 Å². The Morgan fingerprint density at radius 3 is 2.32 bits per heavy atom. The molecule has 0 radical (unpaired) electrons. The van der Waals surface area contributed by atoms with Crippen LogP contribution in [0.3, 0.4) is 0 Å². The molecule has 0 aromatic heterocycles. The Balaban J connectivity index is 1.57. The van der Waals surface area contributed by atoms with E-state index in [-0.39, 0.29) is 16.6 Å². The molecule has 0 atom stereocenters. The van der Waals surface area contributed by atoms with Crippen molar-refractivity contribution in [3.63, 3.8) is 0 Å². The number of carbonyl (C=O) groups excluding carboxylic acids is 3. The van der Waals surface area contributed by atoms with Crippen LogP contribution in [-0.4, -0.2) is 24.8 Å². The standard InChI is InChI=1S/C26H22ClN3O4/c1-15-6-4-8-18(12-15)29-24(31)17-7-5-9-19(14-17)28-23-22(27)25(32)30(26(23)33)20-13-16(2)10-11-21(20)34-3/h4-14,28H,1-3H3,(H,29,31). The van der Waals surface area contributed by atoms with Crippen molar-refractivity contribution < 1.29 is 19.1 Å². The van der Waals surface area contributed by atoms with E-state index in [2.05, 4.69) is 10.6 Å². The number of anilines is 3. The third-order valence-corrected chi connectivity index (χ3v) is 5.62. The number of hydrogen-bond donors (Lipinski definition) is 2. The van der Waals surface area contributed by atoms with Crippen molar-refractivity contribution in [1.82, 2.24) is 0 Å². The number of halogens is 1. The summed E-state index contributed by atoms with van der Waals surface area (Å²) in [7, 11) is 1.46. The topological polar surface area (TPSA) is 87.7 Å². The van der Waals surface area contributed by atoms with Crippen LogP contribution < -0.4 is 20.3 Å². The number of hydrogen-bond acceptors (Lipinski definition) is 5. The molecular weight excluding hydrogens is 454 g/mol. The lowest BCUT2D eigenvalue weighted by Gasteiger charge is -2.18. The largest absolute Gasteiger partial charge is 0.495 e. The molecule has 1 aliphatic rings. The lowest BCUT2D eigenvalue weighted by molar-refractivity contribution is -0.120. The van der Waals surface area contributed by atoms with Crippen LogP contribution in [0.15, 0.2) is 77.5 Å². The van der Waals surface area contributed by atoms with Gasteiger partial charge in [0.2, 0.25) is 0 Å². The number of ether oxygens (including phenoxy) is 1. The van der Waals surface area contributed by atoms with Gasteiger partial charge in [-0.05, 0) is 67.4 Å². The minimum Gasteiger partial charge on any atom is -0.495 e. The summed E-state index contributed by atoms with van der Waals surface area (Å²) in [6, 6.07) is 19.2. The van der Waals surface area contributed by atoms with Crippen molar-refractivity contribution in [3.05, 3.63) is 94.1 Å². The highest BCUT2D eigenvalue weighted by Gasteiger charge is 2.40. The number of methoxy groups -OCH3 is 1. The fraction of sp³-hybridized carbons (Fsp3) is 0.115. The van der Waals surface area contributed by atoms with Crippen LogP contribution in [0.25, 0.3) is 0 Å². The third-order valence-electron chi connectivity index (χ3n) is 5.27. The molecule has 8 heteroatoms. The number of benzene rings is 3. The van der Waals surface area contributed by atoms with Crippen molar-refractivity contribution >= 4 is 46.4 Å². The number of imide groups is 1. The van der Waals surface area contributed by atoms with E-state index < -0.39 is 11.8 Å². The first kappa shape index (κ1) is 23.1. The van der Waals surface area contributed by atoms with Gasteiger partial charge in [0.1, 0.15) is 16.5 Å². The zero-order valence-corrected chi connectivity index (χ0v) is 19.6. The van der Waals surface area contributed by atoms with Gasteiger partial charge in [-0.3, -0.25) is 14.4 Å². The Hall–Kier alpha value is -4.10. The highest BCUT2D eigenvalue weighted by Crippen LogP contribution is 2.36. The number of carbonyl (C=O) groups is 3. The fourth-order valence-electron chi connectivity index (χ4n) is 3.61. The van der Waals surface area contributed by atoms with Gasteiger partial charge in [0, 0.05) is 16.9 Å². The van der Waals surface area contributed by atoms with Gasteiger partial charge in [-0.2, -0.15) is 0 Å². The molecule has 172 valence electrons. The van der Waals surface area contributed by atoms with Gasteiger partial charge in [-0.25, -0.2) is 4.90 Å². The minimum atomic E-state index is -0.661. The molecule has 0 aliphatic carbocycles. The van der Waals surface area contributed by atoms with Crippen molar-refractivity contribution in [2.45, 2.75) is 13.8 Å². The van der Waals surface area contributed by atoms with Crippen LogP contribution in [0.4, 0.5) is 17.1 Å². The number of rotatable bonds is 6. The molecule has 3 aromatic carbocycles. The Morgan fingerprint density at radius 2 is 1.59 bits per heavy atom. The summed E-state index contributed by atoms with van der Waals surface area (Å²) in [6.07, 6.45) is 0. The maximum Gasteiger partial charge on any atom is 0.283 e. The monoisotopic (exact) mass is 475 g/mol. The van der Waals surface area contributed by atoms with Crippen molar-refractivity contribution in [3.8, 4) is 5.75 Å². The van der Waals surface area contributed by atoms with Crippen molar-refractivity contribution in [1.29, 1.82) is 0 Å². The lowest BCUT2D eigenvalue weighted by atomic mass is 10.1. The molecule has 0 unspecified atom stereocenters. The highest BCUT2D eigenvalue weighted by atomic mass is 35.5. The van der Waals surface area contributed by atoms with Gasteiger partial charge in [0.15, 0.2) is 0 Å². The highest BCUT2D eigenvalue weighted by molar-refractivity contribution is 6.53. The molecule has 2 N–H and O–H groups in total. The van der Waals surface area contributed by atoms with Gasteiger partial charge in [-0.1, -0.05) is 35.9 Å². The second-order valence-corrected chi connectivity index (χ2v) is 8.22. The molecular formula is C26H22ClN3O4. The molecule has 7 nitrogen and oxygen atoms in total. The van der Waals surface area contributed by atoms with Crippen LogP contribution in [0.5, 0.6) is 5.75 Å². The molecule has 0 fully saturated rings. The molecule has 0 bridgehead atoms. The molecule has 0 spiro atoms. The summed E-state index contributed by atoms with van der Waals surface area (Å²) in [5, 5.41) is 5.50. The Morgan fingerprint density at radius 1 is 0.882 bits per heavy atom. The van der Waals surface area contributed by atoms with E-state index in [0.717, 1.165) is 16.0 Å². The molecule has 3 aromatic rings. The number of amides is 3. The van der Waals surface area contributed by atoms with Gasteiger partial charge in [0.05, 0.1) is 12.8 Å². The van der Waals surface area contributed by atoms with Gasteiger partial charge in [0.25, 0.3) is 17.7 Å². The first-order valence-electron chi connectivity index (χ1n) is 10.5. The van der Waals surface area contributed by atoms with E-state index in [4.69, 9.17) is 16.3 Å². The molecule has 34 heavy (non-hydrogen) atoms. The fourth-order valence-corrected chi connectivity index (χ4v) is 3.83.